The van der Waals surface area contributed by atoms with Crippen LogP contribution in [0.3, 0.4) is 0 Å². The van der Waals surface area contributed by atoms with E-state index in [4.69, 9.17) is 4.74 Å². The van der Waals surface area contributed by atoms with Crippen LogP contribution in [0.4, 0.5) is 4.79 Å². The molecule has 0 bridgehead atoms. The first-order valence-electron chi connectivity index (χ1n) is 8.89. The number of aliphatic imine (C=N–C) groups is 1. The highest BCUT2D eigenvalue weighted by atomic mass is 16.6. The van der Waals surface area contributed by atoms with Gasteiger partial charge in [-0.1, -0.05) is 6.07 Å². The maximum atomic E-state index is 11.8. The number of nitrogens with one attached hydrogen (secondary N) is 1. The van der Waals surface area contributed by atoms with E-state index in [1.165, 1.54) is 0 Å². The van der Waals surface area contributed by atoms with Crippen molar-refractivity contribution in [3.8, 4) is 0 Å². The van der Waals surface area contributed by atoms with Crippen molar-refractivity contribution in [1.82, 2.24) is 29.7 Å². The van der Waals surface area contributed by atoms with E-state index >= 15 is 0 Å². The molecule has 1 amide bonds. The zero-order valence-corrected chi connectivity index (χ0v) is 15.3. The van der Waals surface area contributed by atoms with E-state index in [-0.39, 0.29) is 6.09 Å². The van der Waals surface area contributed by atoms with Crippen molar-refractivity contribution in [2.45, 2.75) is 13.3 Å². The SMILES string of the molecule is CCOC(=O)N1CCN(C(=NC)NCCc2nnc3ccccn23)CC1. The topological polar surface area (TPSA) is 87.4 Å². The van der Waals surface area contributed by atoms with Crippen LogP contribution in [0.15, 0.2) is 29.4 Å². The van der Waals surface area contributed by atoms with Gasteiger partial charge in [-0.25, -0.2) is 4.79 Å². The van der Waals surface area contributed by atoms with E-state index in [1.807, 2.05) is 35.7 Å². The van der Waals surface area contributed by atoms with Gasteiger partial charge in [-0.2, -0.15) is 0 Å². The molecule has 140 valence electrons. The number of piperazine rings is 1. The second kappa shape index (κ2) is 8.50. The van der Waals surface area contributed by atoms with Crippen molar-refractivity contribution in [3.05, 3.63) is 30.2 Å². The molecule has 9 heteroatoms. The Kier molecular flexibility index (Phi) is 5.88. The smallest absolute Gasteiger partial charge is 0.409 e. The number of rotatable bonds is 4. The largest absolute Gasteiger partial charge is 0.450 e. The number of carbonyl (C=O) groups excluding carboxylic acids is 1. The molecular weight excluding hydrogens is 334 g/mol. The molecule has 26 heavy (non-hydrogen) atoms. The van der Waals surface area contributed by atoms with E-state index in [0.717, 1.165) is 36.9 Å². The minimum Gasteiger partial charge on any atom is -0.450 e. The van der Waals surface area contributed by atoms with Gasteiger partial charge in [0.25, 0.3) is 0 Å². The normalized spacial score (nSPS) is 15.4. The van der Waals surface area contributed by atoms with E-state index in [9.17, 15) is 4.79 Å². The Balaban J connectivity index is 1.49. The Hall–Kier alpha value is -2.84. The van der Waals surface area contributed by atoms with Crippen LogP contribution in [0.5, 0.6) is 0 Å². The van der Waals surface area contributed by atoms with Crippen molar-refractivity contribution in [2.75, 3.05) is 46.4 Å². The average molecular weight is 359 g/mol. The summed E-state index contributed by atoms with van der Waals surface area (Å²) >= 11 is 0. The molecule has 1 aliphatic rings. The second-order valence-corrected chi connectivity index (χ2v) is 5.94. The van der Waals surface area contributed by atoms with Crippen LogP contribution < -0.4 is 5.32 Å². The van der Waals surface area contributed by atoms with Crippen molar-refractivity contribution in [1.29, 1.82) is 0 Å². The van der Waals surface area contributed by atoms with Crippen molar-refractivity contribution in [2.24, 2.45) is 4.99 Å². The second-order valence-electron chi connectivity index (χ2n) is 5.94. The summed E-state index contributed by atoms with van der Waals surface area (Å²) in [6.45, 7) is 5.65. The first-order chi connectivity index (χ1) is 12.7. The minimum atomic E-state index is -0.242. The summed E-state index contributed by atoms with van der Waals surface area (Å²) in [5.74, 6) is 1.75. The number of pyridine rings is 1. The van der Waals surface area contributed by atoms with Crippen molar-refractivity contribution >= 4 is 17.7 Å². The lowest BCUT2D eigenvalue weighted by atomic mass is 10.3. The lowest BCUT2D eigenvalue weighted by molar-refractivity contribution is 0.0914. The third-order valence-corrected chi connectivity index (χ3v) is 4.33. The third kappa shape index (κ3) is 4.04. The number of fused-ring (bicyclic) bond motifs is 1. The number of aromatic nitrogens is 3. The number of carbonyl (C=O) groups is 1. The van der Waals surface area contributed by atoms with E-state index in [2.05, 4.69) is 25.4 Å². The van der Waals surface area contributed by atoms with Crippen LogP contribution in [0, 0.1) is 0 Å². The van der Waals surface area contributed by atoms with Crippen molar-refractivity contribution < 1.29 is 9.53 Å². The van der Waals surface area contributed by atoms with Crippen LogP contribution in [-0.2, 0) is 11.2 Å². The predicted molar refractivity (Wildman–Crippen MR) is 98.2 cm³/mol. The summed E-state index contributed by atoms with van der Waals surface area (Å²) in [6.07, 6.45) is 2.47. The van der Waals surface area contributed by atoms with E-state index < -0.39 is 0 Å². The molecule has 2 aromatic rings. The highest BCUT2D eigenvalue weighted by molar-refractivity contribution is 5.80. The van der Waals surface area contributed by atoms with Gasteiger partial charge in [0.1, 0.15) is 5.82 Å². The molecule has 0 aromatic carbocycles. The molecule has 2 aromatic heterocycles. The molecule has 0 spiro atoms. The summed E-state index contributed by atoms with van der Waals surface area (Å²) in [4.78, 5) is 20.0. The highest BCUT2D eigenvalue weighted by Gasteiger charge is 2.23. The number of nitrogens with zero attached hydrogens (tertiary/aromatic N) is 6. The minimum absolute atomic E-state index is 0.242. The lowest BCUT2D eigenvalue weighted by Crippen LogP contribution is -2.54. The van der Waals surface area contributed by atoms with Gasteiger partial charge in [-0.3, -0.25) is 9.39 Å². The number of hydrogen-bond donors (Lipinski definition) is 1. The summed E-state index contributed by atoms with van der Waals surface area (Å²) in [5.41, 5.74) is 0.849. The molecule has 3 rings (SSSR count). The summed E-state index contributed by atoms with van der Waals surface area (Å²) in [7, 11) is 1.77. The molecule has 1 fully saturated rings. The highest BCUT2D eigenvalue weighted by Crippen LogP contribution is 2.05. The van der Waals surface area contributed by atoms with Gasteiger partial charge >= 0.3 is 6.09 Å². The Morgan fingerprint density at radius 1 is 1.23 bits per heavy atom. The van der Waals surface area contributed by atoms with E-state index in [0.29, 0.717) is 26.2 Å². The zero-order chi connectivity index (χ0) is 18.4. The average Bonchev–Trinajstić information content (AvgIpc) is 3.09. The van der Waals surface area contributed by atoms with E-state index in [1.54, 1.807) is 11.9 Å². The molecular formula is C17H25N7O2. The van der Waals surface area contributed by atoms with Gasteiger partial charge in [0, 0.05) is 52.4 Å². The van der Waals surface area contributed by atoms with Crippen LogP contribution in [-0.4, -0.2) is 82.8 Å². The number of hydrogen-bond acceptors (Lipinski definition) is 5. The Morgan fingerprint density at radius 3 is 2.73 bits per heavy atom. The van der Waals surface area contributed by atoms with Gasteiger partial charge in [0.15, 0.2) is 11.6 Å². The molecule has 0 unspecified atom stereocenters. The fraction of sp³-hybridized carbons (Fsp3) is 0.529. The molecule has 1 N–H and O–H groups in total. The standard InChI is InChI=1S/C17H25N7O2/c1-3-26-17(25)23-12-10-22(11-13-23)16(18-2)19-8-7-15-21-20-14-6-4-5-9-24(14)15/h4-6,9H,3,7-8,10-13H2,1-2H3,(H,18,19). The van der Waals surface area contributed by atoms with Crippen LogP contribution in [0.25, 0.3) is 5.65 Å². The van der Waals surface area contributed by atoms with Crippen LogP contribution >= 0.6 is 0 Å². The van der Waals surface area contributed by atoms with Gasteiger partial charge in [-0.05, 0) is 19.1 Å². The molecule has 0 saturated carbocycles. The van der Waals surface area contributed by atoms with Gasteiger partial charge < -0.3 is 19.9 Å². The number of guanidine groups is 1. The monoisotopic (exact) mass is 359 g/mol. The number of amides is 1. The molecule has 9 nitrogen and oxygen atoms in total. The first kappa shape index (κ1) is 18.0. The molecule has 1 aliphatic heterocycles. The lowest BCUT2D eigenvalue weighted by Gasteiger charge is -2.35. The zero-order valence-electron chi connectivity index (χ0n) is 15.3. The fourth-order valence-electron chi connectivity index (χ4n) is 3.00. The van der Waals surface area contributed by atoms with Crippen molar-refractivity contribution in [3.63, 3.8) is 0 Å². The van der Waals surface area contributed by atoms with Gasteiger partial charge in [0.05, 0.1) is 6.61 Å². The number of ether oxygens (including phenoxy) is 1. The van der Waals surface area contributed by atoms with Gasteiger partial charge in [-0.15, -0.1) is 10.2 Å². The first-order valence-corrected chi connectivity index (χ1v) is 8.89. The summed E-state index contributed by atoms with van der Waals surface area (Å²) < 4.78 is 7.04. The molecule has 3 heterocycles. The third-order valence-electron chi connectivity index (χ3n) is 4.33. The quantitative estimate of drug-likeness (QED) is 0.636. The Bertz CT molecular complexity index is 765. The molecule has 0 radical (unpaired) electrons. The maximum Gasteiger partial charge on any atom is 0.409 e. The summed E-state index contributed by atoms with van der Waals surface area (Å²) in [6, 6.07) is 5.85. The molecule has 1 saturated heterocycles. The molecule has 0 aliphatic carbocycles. The Labute approximate surface area is 152 Å². The van der Waals surface area contributed by atoms with Crippen LogP contribution in [0.2, 0.25) is 0 Å². The Morgan fingerprint density at radius 2 is 2.00 bits per heavy atom. The maximum absolute atomic E-state index is 11.8. The fourth-order valence-corrected chi connectivity index (χ4v) is 3.00. The molecule has 0 atom stereocenters. The summed E-state index contributed by atoms with van der Waals surface area (Å²) in [5, 5.41) is 11.8. The van der Waals surface area contributed by atoms with Crippen LogP contribution in [0.1, 0.15) is 12.7 Å². The van der Waals surface area contributed by atoms with Gasteiger partial charge in [0.2, 0.25) is 0 Å². The predicted octanol–water partition coefficient (Wildman–Crippen LogP) is 0.621.